The Morgan fingerprint density at radius 2 is 1.72 bits per heavy atom. The van der Waals surface area contributed by atoms with Crippen LogP contribution in [-0.4, -0.2) is 55.1 Å². The summed E-state index contributed by atoms with van der Waals surface area (Å²) in [5, 5.41) is 3.38. The number of piperidine rings is 1. The molecule has 4 heteroatoms. The van der Waals surface area contributed by atoms with E-state index in [4.69, 9.17) is 0 Å². The lowest BCUT2D eigenvalue weighted by molar-refractivity contribution is 0.144. The van der Waals surface area contributed by atoms with Crippen LogP contribution in [0.1, 0.15) is 40.0 Å². The van der Waals surface area contributed by atoms with Crippen LogP contribution in [0.3, 0.4) is 0 Å². The number of nitrogens with one attached hydrogen (secondary N) is 1. The van der Waals surface area contributed by atoms with Gasteiger partial charge in [-0.2, -0.15) is 0 Å². The SMILES string of the molecule is CCCN(CC1CCNCC1)C(=O)N(CC)CC. The second-order valence-corrected chi connectivity index (χ2v) is 5.09. The fraction of sp³-hybridized carbons (Fsp3) is 0.929. The zero-order valence-electron chi connectivity index (χ0n) is 12.2. The second kappa shape index (κ2) is 8.35. The molecule has 0 radical (unpaired) electrons. The smallest absolute Gasteiger partial charge is 0.319 e. The quantitative estimate of drug-likeness (QED) is 0.789. The molecule has 106 valence electrons. The molecule has 0 aromatic rings. The summed E-state index contributed by atoms with van der Waals surface area (Å²) in [4.78, 5) is 16.4. The molecule has 0 bridgehead atoms. The van der Waals surface area contributed by atoms with Crippen molar-refractivity contribution in [3.05, 3.63) is 0 Å². The fourth-order valence-electron chi connectivity index (χ4n) is 2.61. The molecule has 4 nitrogen and oxygen atoms in total. The highest BCUT2D eigenvalue weighted by Crippen LogP contribution is 2.15. The normalized spacial score (nSPS) is 16.6. The van der Waals surface area contributed by atoms with E-state index in [9.17, 15) is 4.79 Å². The Kier molecular flexibility index (Phi) is 7.09. The summed E-state index contributed by atoms with van der Waals surface area (Å²) in [6.45, 7) is 11.9. The molecule has 1 heterocycles. The van der Waals surface area contributed by atoms with Crippen molar-refractivity contribution in [3.63, 3.8) is 0 Å². The minimum absolute atomic E-state index is 0.223. The molecule has 0 saturated carbocycles. The Labute approximate surface area is 112 Å². The first-order valence-corrected chi connectivity index (χ1v) is 7.47. The minimum atomic E-state index is 0.223. The van der Waals surface area contributed by atoms with Gasteiger partial charge in [-0.1, -0.05) is 6.92 Å². The van der Waals surface area contributed by atoms with Crippen molar-refractivity contribution in [1.29, 1.82) is 0 Å². The number of amides is 2. The van der Waals surface area contributed by atoms with Crippen molar-refractivity contribution in [1.82, 2.24) is 15.1 Å². The molecule has 1 saturated heterocycles. The van der Waals surface area contributed by atoms with Crippen LogP contribution in [-0.2, 0) is 0 Å². The molecular formula is C14H29N3O. The summed E-state index contributed by atoms with van der Waals surface area (Å²) in [6, 6.07) is 0.223. The number of rotatable bonds is 6. The molecule has 1 aliphatic heterocycles. The highest BCUT2D eigenvalue weighted by atomic mass is 16.2. The van der Waals surface area contributed by atoms with Crippen LogP contribution in [0.5, 0.6) is 0 Å². The first-order valence-electron chi connectivity index (χ1n) is 7.47. The molecule has 0 aliphatic carbocycles. The van der Waals surface area contributed by atoms with Crippen LogP contribution >= 0.6 is 0 Å². The molecular weight excluding hydrogens is 226 g/mol. The molecule has 18 heavy (non-hydrogen) atoms. The van der Waals surface area contributed by atoms with E-state index in [0.717, 1.165) is 45.7 Å². The van der Waals surface area contributed by atoms with E-state index in [0.29, 0.717) is 5.92 Å². The summed E-state index contributed by atoms with van der Waals surface area (Å²) < 4.78 is 0. The van der Waals surface area contributed by atoms with Crippen molar-refractivity contribution < 1.29 is 4.79 Å². The van der Waals surface area contributed by atoms with E-state index < -0.39 is 0 Å². The fourth-order valence-corrected chi connectivity index (χ4v) is 2.61. The Balaban J connectivity index is 2.54. The first kappa shape index (κ1) is 15.3. The van der Waals surface area contributed by atoms with Crippen molar-refractivity contribution >= 4 is 6.03 Å². The average molecular weight is 255 g/mol. The number of carbonyl (C=O) groups excluding carboxylic acids is 1. The predicted molar refractivity (Wildman–Crippen MR) is 75.8 cm³/mol. The Morgan fingerprint density at radius 1 is 1.11 bits per heavy atom. The second-order valence-electron chi connectivity index (χ2n) is 5.09. The van der Waals surface area contributed by atoms with Crippen molar-refractivity contribution in [2.45, 2.75) is 40.0 Å². The third-order valence-corrected chi connectivity index (χ3v) is 3.74. The Bertz CT molecular complexity index is 235. The third kappa shape index (κ3) is 4.48. The zero-order valence-corrected chi connectivity index (χ0v) is 12.2. The third-order valence-electron chi connectivity index (χ3n) is 3.74. The van der Waals surface area contributed by atoms with Crippen molar-refractivity contribution in [2.75, 3.05) is 39.3 Å². The van der Waals surface area contributed by atoms with Gasteiger partial charge in [-0.3, -0.25) is 0 Å². The molecule has 0 aromatic carbocycles. The van der Waals surface area contributed by atoms with Gasteiger partial charge in [-0.25, -0.2) is 4.79 Å². The van der Waals surface area contributed by atoms with Gasteiger partial charge in [0.25, 0.3) is 0 Å². The van der Waals surface area contributed by atoms with E-state index in [2.05, 4.69) is 31.0 Å². The molecule has 0 unspecified atom stereocenters. The summed E-state index contributed by atoms with van der Waals surface area (Å²) in [5.74, 6) is 0.678. The topological polar surface area (TPSA) is 35.6 Å². The molecule has 2 amide bonds. The Hall–Kier alpha value is -0.770. The van der Waals surface area contributed by atoms with E-state index >= 15 is 0 Å². The maximum absolute atomic E-state index is 12.4. The standard InChI is InChI=1S/C14H29N3O/c1-4-11-17(14(18)16(5-2)6-3)12-13-7-9-15-10-8-13/h13,15H,4-12H2,1-3H3. The summed E-state index contributed by atoms with van der Waals surface area (Å²) in [5.41, 5.74) is 0. The zero-order chi connectivity index (χ0) is 13.4. The maximum Gasteiger partial charge on any atom is 0.319 e. The van der Waals surface area contributed by atoms with Crippen LogP contribution < -0.4 is 5.32 Å². The van der Waals surface area contributed by atoms with Crippen molar-refractivity contribution in [3.8, 4) is 0 Å². The van der Waals surface area contributed by atoms with Gasteiger partial charge in [0.15, 0.2) is 0 Å². The molecule has 1 N–H and O–H groups in total. The largest absolute Gasteiger partial charge is 0.325 e. The average Bonchev–Trinajstić information content (AvgIpc) is 2.40. The number of urea groups is 1. The van der Waals surface area contributed by atoms with E-state index in [-0.39, 0.29) is 6.03 Å². The Morgan fingerprint density at radius 3 is 2.22 bits per heavy atom. The van der Waals surface area contributed by atoms with Gasteiger partial charge in [-0.05, 0) is 52.1 Å². The van der Waals surface area contributed by atoms with Crippen LogP contribution in [0.25, 0.3) is 0 Å². The maximum atomic E-state index is 12.4. The van der Waals surface area contributed by atoms with Crippen LogP contribution in [0.15, 0.2) is 0 Å². The molecule has 0 spiro atoms. The molecule has 0 atom stereocenters. The van der Waals surface area contributed by atoms with E-state index in [1.165, 1.54) is 12.8 Å². The molecule has 1 rings (SSSR count). The van der Waals surface area contributed by atoms with Gasteiger partial charge in [-0.15, -0.1) is 0 Å². The lowest BCUT2D eigenvalue weighted by atomic mass is 9.97. The van der Waals surface area contributed by atoms with Crippen LogP contribution in [0.4, 0.5) is 4.79 Å². The lowest BCUT2D eigenvalue weighted by Crippen LogP contribution is -2.46. The van der Waals surface area contributed by atoms with E-state index in [1.54, 1.807) is 0 Å². The van der Waals surface area contributed by atoms with Gasteiger partial charge in [0.1, 0.15) is 0 Å². The van der Waals surface area contributed by atoms with Crippen molar-refractivity contribution in [2.24, 2.45) is 5.92 Å². The van der Waals surface area contributed by atoms with Gasteiger partial charge < -0.3 is 15.1 Å². The number of hydrogen-bond acceptors (Lipinski definition) is 2. The number of nitrogens with zero attached hydrogens (tertiary/aromatic N) is 2. The van der Waals surface area contributed by atoms with E-state index in [1.807, 2.05) is 4.90 Å². The van der Waals surface area contributed by atoms with Gasteiger partial charge >= 0.3 is 6.03 Å². The predicted octanol–water partition coefficient (Wildman–Crippen LogP) is 2.16. The van der Waals surface area contributed by atoms with Crippen LogP contribution in [0, 0.1) is 5.92 Å². The monoisotopic (exact) mass is 255 g/mol. The first-order chi connectivity index (χ1) is 8.72. The lowest BCUT2D eigenvalue weighted by Gasteiger charge is -2.33. The molecule has 0 aromatic heterocycles. The summed E-state index contributed by atoms with van der Waals surface area (Å²) in [6.07, 6.45) is 3.44. The molecule has 1 fully saturated rings. The van der Waals surface area contributed by atoms with Crippen LogP contribution in [0.2, 0.25) is 0 Å². The highest BCUT2D eigenvalue weighted by molar-refractivity contribution is 5.74. The highest BCUT2D eigenvalue weighted by Gasteiger charge is 2.22. The summed E-state index contributed by atoms with van der Waals surface area (Å²) >= 11 is 0. The number of carbonyl (C=O) groups is 1. The van der Waals surface area contributed by atoms with Gasteiger partial charge in [0, 0.05) is 26.2 Å². The van der Waals surface area contributed by atoms with Gasteiger partial charge in [0.2, 0.25) is 0 Å². The molecule has 1 aliphatic rings. The van der Waals surface area contributed by atoms with Gasteiger partial charge in [0.05, 0.1) is 0 Å². The minimum Gasteiger partial charge on any atom is -0.325 e. The number of hydrogen-bond donors (Lipinski definition) is 1. The summed E-state index contributed by atoms with van der Waals surface area (Å²) in [7, 11) is 0.